The van der Waals surface area contributed by atoms with Crippen LogP contribution in [0.3, 0.4) is 0 Å². The Balaban J connectivity index is 2.73. The van der Waals surface area contributed by atoms with E-state index in [4.69, 9.17) is 9.47 Å². The predicted octanol–water partition coefficient (Wildman–Crippen LogP) is 4.83. The number of para-hydroxylation sites is 2. The molecule has 2 N–H and O–H groups in total. The number of rotatable bonds is 6. The molecule has 126 valence electrons. The monoisotopic (exact) mass is 308 g/mol. The van der Waals surface area contributed by atoms with Crippen molar-refractivity contribution in [3.8, 4) is 0 Å². The third-order valence-electron chi connectivity index (χ3n) is 2.71. The van der Waals surface area contributed by atoms with Crippen LogP contribution in [0.5, 0.6) is 0 Å². The van der Waals surface area contributed by atoms with Crippen LogP contribution in [0.15, 0.2) is 24.3 Å². The first-order chi connectivity index (χ1) is 9.96. The Labute approximate surface area is 135 Å². The Kier molecular flexibility index (Phi) is 6.27. The van der Waals surface area contributed by atoms with Gasteiger partial charge in [-0.15, -0.1) is 0 Å². The van der Waals surface area contributed by atoms with Crippen molar-refractivity contribution in [3.63, 3.8) is 0 Å². The van der Waals surface area contributed by atoms with Gasteiger partial charge in [0, 0.05) is 0 Å². The van der Waals surface area contributed by atoms with Crippen LogP contribution in [0.1, 0.15) is 55.4 Å². The maximum atomic E-state index is 5.91. The van der Waals surface area contributed by atoms with Crippen LogP contribution in [0.25, 0.3) is 0 Å². The van der Waals surface area contributed by atoms with Crippen molar-refractivity contribution >= 4 is 11.4 Å². The minimum Gasteiger partial charge on any atom is -0.359 e. The van der Waals surface area contributed by atoms with Crippen molar-refractivity contribution in [3.05, 3.63) is 24.3 Å². The number of hydrogen-bond donors (Lipinski definition) is 2. The summed E-state index contributed by atoms with van der Waals surface area (Å²) in [6, 6.07) is 8.09. The van der Waals surface area contributed by atoms with Crippen LogP contribution in [-0.4, -0.2) is 23.7 Å². The first-order valence-corrected chi connectivity index (χ1v) is 7.94. The Morgan fingerprint density at radius 3 is 1.32 bits per heavy atom. The van der Waals surface area contributed by atoms with E-state index in [-0.39, 0.29) is 23.7 Å². The fraction of sp³-hybridized carbons (Fsp3) is 0.667. The van der Waals surface area contributed by atoms with Crippen molar-refractivity contribution in [2.24, 2.45) is 0 Å². The smallest absolute Gasteiger partial charge is 0.125 e. The van der Waals surface area contributed by atoms with Gasteiger partial charge in [-0.1, -0.05) is 12.1 Å². The molecular weight excluding hydrogens is 276 g/mol. The van der Waals surface area contributed by atoms with Crippen molar-refractivity contribution in [1.29, 1.82) is 0 Å². The number of anilines is 2. The summed E-state index contributed by atoms with van der Waals surface area (Å²) in [5, 5.41) is 6.79. The molecule has 2 atom stereocenters. The fourth-order valence-corrected chi connectivity index (χ4v) is 2.29. The van der Waals surface area contributed by atoms with Crippen LogP contribution >= 0.6 is 0 Å². The van der Waals surface area contributed by atoms with Gasteiger partial charge in [0.05, 0.1) is 22.6 Å². The number of hydrogen-bond acceptors (Lipinski definition) is 4. The number of benzene rings is 1. The maximum Gasteiger partial charge on any atom is 0.125 e. The lowest BCUT2D eigenvalue weighted by Crippen LogP contribution is -2.32. The average Bonchev–Trinajstić information content (AvgIpc) is 2.26. The summed E-state index contributed by atoms with van der Waals surface area (Å²) in [5.74, 6) is 0. The predicted molar refractivity (Wildman–Crippen MR) is 94.3 cm³/mol. The lowest BCUT2D eigenvalue weighted by molar-refractivity contribution is -0.0397. The fourth-order valence-electron chi connectivity index (χ4n) is 2.29. The molecule has 0 saturated carbocycles. The lowest BCUT2D eigenvalue weighted by atomic mass is 10.2. The Bertz CT molecular complexity index is 418. The summed E-state index contributed by atoms with van der Waals surface area (Å²) < 4.78 is 11.8. The Morgan fingerprint density at radius 1 is 0.727 bits per heavy atom. The highest BCUT2D eigenvalue weighted by atomic mass is 16.5. The highest BCUT2D eigenvalue weighted by Crippen LogP contribution is 2.25. The molecule has 4 heteroatoms. The van der Waals surface area contributed by atoms with Crippen molar-refractivity contribution in [2.45, 2.75) is 79.0 Å². The molecule has 0 fully saturated rings. The summed E-state index contributed by atoms with van der Waals surface area (Å²) in [7, 11) is 0. The standard InChI is InChI=1S/C18H32N2O2/c1-13(21-17(3,4)5)19-15-11-9-10-12-16(15)20-14(2)22-18(6,7)8/h9-14,19-20H,1-8H3. The second-order valence-electron chi connectivity index (χ2n) is 7.58. The van der Waals surface area contributed by atoms with E-state index in [9.17, 15) is 0 Å². The Hall–Kier alpha value is -1.26. The molecule has 0 aliphatic heterocycles. The molecule has 0 saturated heterocycles. The molecule has 0 heterocycles. The third-order valence-corrected chi connectivity index (χ3v) is 2.71. The first-order valence-electron chi connectivity index (χ1n) is 7.94. The molecule has 0 radical (unpaired) electrons. The normalized spacial score (nSPS) is 15.3. The minimum absolute atomic E-state index is 0.0817. The van der Waals surface area contributed by atoms with E-state index in [0.717, 1.165) is 11.4 Å². The molecule has 0 spiro atoms. The van der Waals surface area contributed by atoms with E-state index < -0.39 is 0 Å². The van der Waals surface area contributed by atoms with E-state index in [0.29, 0.717) is 0 Å². The van der Waals surface area contributed by atoms with E-state index in [1.165, 1.54) is 0 Å². The van der Waals surface area contributed by atoms with Crippen LogP contribution in [-0.2, 0) is 9.47 Å². The molecule has 1 aromatic rings. The van der Waals surface area contributed by atoms with Gasteiger partial charge in [0.15, 0.2) is 0 Å². The molecule has 0 aromatic heterocycles. The molecule has 22 heavy (non-hydrogen) atoms. The van der Waals surface area contributed by atoms with Gasteiger partial charge in [0.25, 0.3) is 0 Å². The van der Waals surface area contributed by atoms with Gasteiger partial charge in [-0.05, 0) is 67.5 Å². The molecular formula is C18H32N2O2. The molecule has 0 bridgehead atoms. The molecule has 1 rings (SSSR count). The number of ether oxygens (including phenoxy) is 2. The van der Waals surface area contributed by atoms with Crippen molar-refractivity contribution in [1.82, 2.24) is 0 Å². The lowest BCUT2D eigenvalue weighted by Gasteiger charge is -2.29. The van der Waals surface area contributed by atoms with E-state index >= 15 is 0 Å². The van der Waals surface area contributed by atoms with Crippen LogP contribution in [0, 0.1) is 0 Å². The van der Waals surface area contributed by atoms with Crippen LogP contribution in [0.4, 0.5) is 11.4 Å². The topological polar surface area (TPSA) is 42.5 Å². The van der Waals surface area contributed by atoms with E-state index in [1.807, 2.05) is 38.1 Å². The average molecular weight is 308 g/mol. The molecule has 1 aromatic carbocycles. The van der Waals surface area contributed by atoms with Gasteiger partial charge in [-0.3, -0.25) is 0 Å². The van der Waals surface area contributed by atoms with Gasteiger partial charge in [-0.2, -0.15) is 0 Å². The summed E-state index contributed by atoms with van der Waals surface area (Å²) in [5.41, 5.74) is 1.64. The Morgan fingerprint density at radius 2 is 1.05 bits per heavy atom. The number of nitrogens with one attached hydrogen (secondary N) is 2. The van der Waals surface area contributed by atoms with Crippen LogP contribution < -0.4 is 10.6 Å². The zero-order chi connectivity index (χ0) is 17.0. The van der Waals surface area contributed by atoms with Crippen molar-refractivity contribution < 1.29 is 9.47 Å². The maximum absolute atomic E-state index is 5.91. The summed E-state index contributed by atoms with van der Waals surface area (Å²) in [6.45, 7) is 16.3. The van der Waals surface area contributed by atoms with Crippen molar-refractivity contribution in [2.75, 3.05) is 10.6 Å². The highest BCUT2D eigenvalue weighted by Gasteiger charge is 2.18. The van der Waals surface area contributed by atoms with Gasteiger partial charge in [-0.25, -0.2) is 0 Å². The SMILES string of the molecule is CC(Nc1ccccc1NC(C)OC(C)(C)C)OC(C)(C)C. The van der Waals surface area contributed by atoms with Gasteiger partial charge >= 0.3 is 0 Å². The van der Waals surface area contributed by atoms with Gasteiger partial charge < -0.3 is 20.1 Å². The van der Waals surface area contributed by atoms with Gasteiger partial charge in [0.1, 0.15) is 12.5 Å². The second-order valence-corrected chi connectivity index (χ2v) is 7.58. The zero-order valence-electron chi connectivity index (χ0n) is 15.3. The molecule has 0 aliphatic carbocycles. The molecule has 0 amide bonds. The molecule has 4 nitrogen and oxygen atoms in total. The summed E-state index contributed by atoms with van der Waals surface area (Å²) in [4.78, 5) is 0. The zero-order valence-corrected chi connectivity index (χ0v) is 15.3. The molecule has 2 unspecified atom stereocenters. The second kappa shape index (κ2) is 7.34. The largest absolute Gasteiger partial charge is 0.359 e. The minimum atomic E-state index is -0.183. The van der Waals surface area contributed by atoms with Gasteiger partial charge in [0.2, 0.25) is 0 Å². The van der Waals surface area contributed by atoms with Crippen LogP contribution in [0.2, 0.25) is 0 Å². The molecule has 0 aliphatic rings. The first kappa shape index (κ1) is 18.8. The van der Waals surface area contributed by atoms with E-state index in [2.05, 4.69) is 52.2 Å². The third kappa shape index (κ3) is 7.66. The quantitative estimate of drug-likeness (QED) is 0.738. The summed E-state index contributed by atoms with van der Waals surface area (Å²) in [6.07, 6.45) is -0.163. The highest BCUT2D eigenvalue weighted by molar-refractivity contribution is 5.68. The summed E-state index contributed by atoms with van der Waals surface area (Å²) >= 11 is 0. The van der Waals surface area contributed by atoms with E-state index in [1.54, 1.807) is 0 Å².